The lowest BCUT2D eigenvalue weighted by Crippen LogP contribution is -2.34. The summed E-state index contributed by atoms with van der Waals surface area (Å²) in [5, 5.41) is 8.65. The zero-order valence-electron chi connectivity index (χ0n) is 9.79. The maximum atomic E-state index is 6.08. The van der Waals surface area contributed by atoms with Gasteiger partial charge in [-0.3, -0.25) is 4.57 Å². The van der Waals surface area contributed by atoms with E-state index in [9.17, 15) is 0 Å². The van der Waals surface area contributed by atoms with Gasteiger partial charge in [0.2, 0.25) is 5.28 Å². The maximum Gasteiger partial charge on any atom is 0.225 e. The molecule has 1 aromatic rings. The highest BCUT2D eigenvalue weighted by Gasteiger charge is 2.39. The summed E-state index contributed by atoms with van der Waals surface area (Å²) in [4.78, 5) is 0. The first-order chi connectivity index (χ1) is 6.91. The van der Waals surface area contributed by atoms with Crippen LogP contribution in [0.3, 0.4) is 0 Å². The van der Waals surface area contributed by atoms with E-state index in [1.165, 1.54) is 12.8 Å². The minimum absolute atomic E-state index is 0.383. The highest BCUT2D eigenvalue weighted by molar-refractivity contribution is 6.28. The van der Waals surface area contributed by atoms with E-state index in [0.29, 0.717) is 22.7 Å². The average Bonchev–Trinajstić information content (AvgIpc) is 2.42. The molecule has 0 unspecified atom stereocenters. The molecule has 0 atom stereocenters. The molecule has 0 bridgehead atoms. The van der Waals surface area contributed by atoms with Gasteiger partial charge in [-0.25, -0.2) is 0 Å². The quantitative estimate of drug-likeness (QED) is 0.775. The zero-order chi connectivity index (χ0) is 11.2. The predicted molar refractivity (Wildman–Crippen MR) is 61.2 cm³/mol. The lowest BCUT2D eigenvalue weighted by atomic mass is 9.68. The normalized spacial score (nSPS) is 20.7. The summed E-state index contributed by atoms with van der Waals surface area (Å²) in [6.07, 6.45) is 2.34. The van der Waals surface area contributed by atoms with Crippen molar-refractivity contribution in [2.75, 3.05) is 0 Å². The van der Waals surface area contributed by atoms with Crippen LogP contribution < -0.4 is 0 Å². The molecule has 1 aromatic heterocycles. The van der Waals surface area contributed by atoms with Crippen LogP contribution in [0.15, 0.2) is 0 Å². The van der Waals surface area contributed by atoms with Crippen molar-refractivity contribution in [1.82, 2.24) is 14.8 Å². The minimum Gasteiger partial charge on any atom is -0.298 e. The summed E-state index contributed by atoms with van der Waals surface area (Å²) >= 11 is 6.08. The van der Waals surface area contributed by atoms with Gasteiger partial charge >= 0.3 is 0 Å². The van der Waals surface area contributed by atoms with Crippen LogP contribution in [0.2, 0.25) is 5.28 Å². The number of nitrogens with zero attached hydrogens (tertiary/aromatic N) is 3. The Kier molecular flexibility index (Phi) is 2.53. The molecule has 1 aliphatic rings. The van der Waals surface area contributed by atoms with Gasteiger partial charge in [-0.05, 0) is 29.9 Å². The van der Waals surface area contributed by atoms with Crippen LogP contribution in [-0.4, -0.2) is 14.8 Å². The van der Waals surface area contributed by atoms with Gasteiger partial charge in [0.05, 0.1) is 0 Å². The fourth-order valence-corrected chi connectivity index (χ4v) is 2.68. The minimum atomic E-state index is 0.383. The number of hydrogen-bond acceptors (Lipinski definition) is 2. The molecule has 1 saturated carbocycles. The molecular formula is C11H18ClN3. The fourth-order valence-electron chi connectivity index (χ4n) is 2.41. The first-order valence-electron chi connectivity index (χ1n) is 5.51. The second kappa shape index (κ2) is 3.48. The molecule has 1 heterocycles. The van der Waals surface area contributed by atoms with Crippen LogP contribution in [0.5, 0.6) is 0 Å². The Balaban J connectivity index is 2.25. The van der Waals surface area contributed by atoms with Gasteiger partial charge in [-0.2, -0.15) is 0 Å². The first-order valence-corrected chi connectivity index (χ1v) is 5.89. The largest absolute Gasteiger partial charge is 0.298 e. The van der Waals surface area contributed by atoms with Gasteiger partial charge in [0.15, 0.2) is 0 Å². The molecule has 3 nitrogen and oxygen atoms in total. The molecule has 84 valence electrons. The smallest absolute Gasteiger partial charge is 0.225 e. The molecule has 0 saturated heterocycles. The topological polar surface area (TPSA) is 30.7 Å². The Hall–Kier alpha value is -0.570. The highest BCUT2D eigenvalue weighted by atomic mass is 35.5. The molecular weight excluding hydrogens is 210 g/mol. The SMILES string of the molecule is CC(C)c1nnc(Cl)n1C1CC(C)(C)C1. The van der Waals surface area contributed by atoms with E-state index in [4.69, 9.17) is 11.6 Å². The monoisotopic (exact) mass is 227 g/mol. The van der Waals surface area contributed by atoms with Crippen molar-refractivity contribution < 1.29 is 0 Å². The Morgan fingerprint density at radius 1 is 1.33 bits per heavy atom. The molecule has 1 fully saturated rings. The van der Waals surface area contributed by atoms with E-state index < -0.39 is 0 Å². The molecule has 4 heteroatoms. The zero-order valence-corrected chi connectivity index (χ0v) is 10.5. The molecule has 0 radical (unpaired) electrons. The van der Waals surface area contributed by atoms with E-state index in [1.807, 2.05) is 0 Å². The molecule has 15 heavy (non-hydrogen) atoms. The molecule has 0 aromatic carbocycles. The Labute approximate surface area is 95.8 Å². The van der Waals surface area contributed by atoms with Crippen molar-refractivity contribution in [1.29, 1.82) is 0 Å². The van der Waals surface area contributed by atoms with Crippen LogP contribution in [-0.2, 0) is 0 Å². The van der Waals surface area contributed by atoms with E-state index in [1.54, 1.807) is 0 Å². The third-order valence-corrected chi connectivity index (χ3v) is 3.40. The van der Waals surface area contributed by atoms with Crippen LogP contribution in [0.1, 0.15) is 58.3 Å². The number of aromatic nitrogens is 3. The van der Waals surface area contributed by atoms with Crippen LogP contribution in [0.25, 0.3) is 0 Å². The molecule has 0 spiro atoms. The third kappa shape index (κ3) is 1.89. The summed E-state index contributed by atoms with van der Waals surface area (Å²) in [7, 11) is 0. The fraction of sp³-hybridized carbons (Fsp3) is 0.818. The lowest BCUT2D eigenvalue weighted by Gasteiger charge is -2.43. The van der Waals surface area contributed by atoms with Gasteiger partial charge in [-0.15, -0.1) is 10.2 Å². The molecule has 0 aliphatic heterocycles. The third-order valence-electron chi connectivity index (χ3n) is 3.14. The predicted octanol–water partition coefficient (Wildman–Crippen LogP) is 3.42. The second-order valence-corrected chi connectivity index (χ2v) is 5.92. The summed E-state index contributed by atoms with van der Waals surface area (Å²) in [5.41, 5.74) is 0.451. The van der Waals surface area contributed by atoms with Crippen LogP contribution in [0.4, 0.5) is 0 Å². The highest BCUT2D eigenvalue weighted by Crippen LogP contribution is 2.49. The van der Waals surface area contributed by atoms with Crippen molar-refractivity contribution in [3.8, 4) is 0 Å². The van der Waals surface area contributed by atoms with Gasteiger partial charge < -0.3 is 0 Å². The van der Waals surface area contributed by atoms with E-state index in [-0.39, 0.29) is 0 Å². The van der Waals surface area contributed by atoms with Crippen molar-refractivity contribution in [3.05, 3.63) is 11.1 Å². The van der Waals surface area contributed by atoms with Crippen LogP contribution in [0, 0.1) is 5.41 Å². The van der Waals surface area contributed by atoms with Crippen molar-refractivity contribution in [3.63, 3.8) is 0 Å². The second-order valence-electron chi connectivity index (χ2n) is 5.58. The molecule has 0 amide bonds. The summed E-state index contributed by atoms with van der Waals surface area (Å²) < 4.78 is 2.11. The summed E-state index contributed by atoms with van der Waals surface area (Å²) in [6.45, 7) is 8.83. The summed E-state index contributed by atoms with van der Waals surface area (Å²) in [5.74, 6) is 1.40. The van der Waals surface area contributed by atoms with Gasteiger partial charge in [0, 0.05) is 12.0 Å². The average molecular weight is 228 g/mol. The first kappa shape index (κ1) is 10.9. The van der Waals surface area contributed by atoms with E-state index >= 15 is 0 Å². The van der Waals surface area contributed by atoms with E-state index in [2.05, 4.69) is 42.5 Å². The van der Waals surface area contributed by atoms with Gasteiger partial charge in [-0.1, -0.05) is 27.7 Å². The van der Waals surface area contributed by atoms with Crippen molar-refractivity contribution >= 4 is 11.6 Å². The standard InChI is InChI=1S/C11H18ClN3/c1-7(2)9-13-14-10(12)15(9)8-5-11(3,4)6-8/h7-8H,5-6H2,1-4H3. The van der Waals surface area contributed by atoms with E-state index in [0.717, 1.165) is 5.82 Å². The van der Waals surface area contributed by atoms with Crippen LogP contribution >= 0.6 is 11.6 Å². The Morgan fingerprint density at radius 3 is 2.40 bits per heavy atom. The number of rotatable bonds is 2. The number of hydrogen-bond donors (Lipinski definition) is 0. The Bertz CT molecular complexity index is 360. The Morgan fingerprint density at radius 2 is 1.93 bits per heavy atom. The molecule has 1 aliphatic carbocycles. The lowest BCUT2D eigenvalue weighted by molar-refractivity contribution is 0.101. The summed E-state index contributed by atoms with van der Waals surface area (Å²) in [6, 6.07) is 0.500. The molecule has 0 N–H and O–H groups in total. The van der Waals surface area contributed by atoms with Gasteiger partial charge in [0.25, 0.3) is 0 Å². The van der Waals surface area contributed by atoms with Crippen molar-refractivity contribution in [2.24, 2.45) is 5.41 Å². The molecule has 2 rings (SSSR count). The van der Waals surface area contributed by atoms with Gasteiger partial charge in [0.1, 0.15) is 5.82 Å². The number of halogens is 1. The van der Waals surface area contributed by atoms with Crippen molar-refractivity contribution in [2.45, 2.75) is 52.5 Å². The maximum absolute atomic E-state index is 6.08.